The maximum absolute atomic E-state index is 13.3. The lowest BCUT2D eigenvalue weighted by molar-refractivity contribution is -0.136. The molecule has 4 N–H and O–H groups in total. The number of rotatable bonds is 9. The second-order valence-electron chi connectivity index (χ2n) is 9.14. The second-order valence-corrected chi connectivity index (χ2v) is 9.14. The average Bonchev–Trinajstić information content (AvgIpc) is 3.52. The number of anilines is 1. The zero-order valence-electron chi connectivity index (χ0n) is 21.3. The number of aromatic amines is 1. The smallest absolute Gasteiger partial charge is 0.303 e. The molecule has 0 aliphatic rings. The zero-order valence-corrected chi connectivity index (χ0v) is 21.3. The molecule has 0 saturated heterocycles. The number of H-pyrrole nitrogens is 1. The molecule has 5 aromatic rings. The van der Waals surface area contributed by atoms with Crippen molar-refractivity contribution in [3.63, 3.8) is 0 Å². The summed E-state index contributed by atoms with van der Waals surface area (Å²) in [4.78, 5) is 43.8. The van der Waals surface area contributed by atoms with E-state index < -0.39 is 11.9 Å². The lowest BCUT2D eigenvalue weighted by Crippen LogP contribution is -2.13. The molecule has 0 saturated carbocycles. The summed E-state index contributed by atoms with van der Waals surface area (Å²) in [5, 5.41) is 26.5. The number of aryl methyl sites for hydroxylation is 2. The van der Waals surface area contributed by atoms with Crippen LogP contribution in [0.4, 0.5) is 11.4 Å². The molecule has 10 nitrogen and oxygen atoms in total. The quantitative estimate of drug-likeness (QED) is 0.145. The van der Waals surface area contributed by atoms with Crippen molar-refractivity contribution >= 4 is 46.2 Å². The van der Waals surface area contributed by atoms with Gasteiger partial charge in [0.05, 0.1) is 16.9 Å². The number of aromatic nitrogens is 2. The lowest BCUT2D eigenvalue weighted by atomic mass is 10.0. The Morgan fingerprint density at radius 3 is 2.55 bits per heavy atom. The highest BCUT2D eigenvalue weighted by Gasteiger charge is 2.16. The van der Waals surface area contributed by atoms with Gasteiger partial charge in [-0.2, -0.15) is 0 Å². The van der Waals surface area contributed by atoms with Gasteiger partial charge < -0.3 is 25.0 Å². The fourth-order valence-electron chi connectivity index (χ4n) is 4.23. The van der Waals surface area contributed by atoms with Crippen molar-refractivity contribution in [1.82, 2.24) is 10.1 Å². The Kier molecular flexibility index (Phi) is 7.23. The van der Waals surface area contributed by atoms with E-state index in [2.05, 4.69) is 20.4 Å². The molecular formula is C30H24N4O6. The van der Waals surface area contributed by atoms with E-state index in [9.17, 15) is 19.5 Å². The van der Waals surface area contributed by atoms with Gasteiger partial charge in [-0.1, -0.05) is 41.6 Å². The molecule has 5 rings (SSSR count). The van der Waals surface area contributed by atoms with Gasteiger partial charge in [0.1, 0.15) is 11.8 Å². The van der Waals surface area contributed by atoms with Gasteiger partial charge in [0.15, 0.2) is 11.7 Å². The molecule has 40 heavy (non-hydrogen) atoms. The van der Waals surface area contributed by atoms with Crippen molar-refractivity contribution in [2.75, 3.05) is 5.32 Å². The summed E-state index contributed by atoms with van der Waals surface area (Å²) in [5.41, 5.74) is 4.55. The largest absolute Gasteiger partial charge is 0.494 e. The number of carbonyl (C=O) groups excluding carboxylic acids is 2. The number of hydrogen-bond donors (Lipinski definition) is 4. The summed E-state index contributed by atoms with van der Waals surface area (Å²) < 4.78 is 4.82. The number of amides is 1. The van der Waals surface area contributed by atoms with E-state index in [1.807, 2.05) is 12.1 Å². The number of aliphatic imine (C=N–C) groups is 1. The molecule has 0 radical (unpaired) electrons. The number of nitrogens with one attached hydrogen (secondary N) is 2. The molecule has 0 spiro atoms. The van der Waals surface area contributed by atoms with E-state index in [0.717, 1.165) is 5.56 Å². The van der Waals surface area contributed by atoms with Gasteiger partial charge in [0, 0.05) is 40.4 Å². The Hall–Kier alpha value is -5.51. The molecule has 0 aliphatic heterocycles. The first-order valence-corrected chi connectivity index (χ1v) is 12.3. The highest BCUT2D eigenvalue weighted by atomic mass is 16.5. The number of nitrogens with zero attached hydrogens (tertiary/aromatic N) is 2. The van der Waals surface area contributed by atoms with E-state index in [0.29, 0.717) is 56.6 Å². The molecular weight excluding hydrogens is 512 g/mol. The fraction of sp³-hybridized carbons (Fsp3) is 0.100. The van der Waals surface area contributed by atoms with E-state index in [1.54, 1.807) is 61.5 Å². The summed E-state index contributed by atoms with van der Waals surface area (Å²) in [6.07, 6.45) is 3.29. The normalized spacial score (nSPS) is 11.2. The maximum atomic E-state index is 13.3. The Morgan fingerprint density at radius 2 is 1.82 bits per heavy atom. The van der Waals surface area contributed by atoms with Crippen LogP contribution in [-0.4, -0.2) is 44.2 Å². The predicted octanol–water partition coefficient (Wildman–Crippen LogP) is 5.42. The van der Waals surface area contributed by atoms with Crippen LogP contribution >= 0.6 is 0 Å². The number of ketones is 1. The third-order valence-electron chi connectivity index (χ3n) is 6.36. The molecule has 0 fully saturated rings. The molecule has 0 aliphatic carbocycles. The number of carboxylic acids is 1. The number of aromatic hydroxyl groups is 1. The third kappa shape index (κ3) is 5.65. The number of benzene rings is 3. The minimum Gasteiger partial charge on any atom is -0.494 e. The Balaban J connectivity index is 1.33. The number of carbonyl (C=O) groups is 3. The van der Waals surface area contributed by atoms with Crippen LogP contribution in [0.5, 0.6) is 5.88 Å². The van der Waals surface area contributed by atoms with E-state index >= 15 is 0 Å². The van der Waals surface area contributed by atoms with E-state index in [-0.39, 0.29) is 18.1 Å². The minimum atomic E-state index is -0.849. The molecule has 200 valence electrons. The van der Waals surface area contributed by atoms with Crippen molar-refractivity contribution in [3.8, 4) is 5.88 Å². The van der Waals surface area contributed by atoms with Gasteiger partial charge in [0.2, 0.25) is 0 Å². The highest BCUT2D eigenvalue weighted by Crippen LogP contribution is 2.28. The van der Waals surface area contributed by atoms with Gasteiger partial charge in [-0.3, -0.25) is 19.4 Å². The maximum Gasteiger partial charge on any atom is 0.303 e. The lowest BCUT2D eigenvalue weighted by Gasteiger charge is -2.07. The van der Waals surface area contributed by atoms with Gasteiger partial charge in [0.25, 0.3) is 5.91 Å². The first kappa shape index (κ1) is 26.1. The molecule has 3 aromatic carbocycles. The Morgan fingerprint density at radius 1 is 1.05 bits per heavy atom. The van der Waals surface area contributed by atoms with Crippen LogP contribution < -0.4 is 5.32 Å². The molecule has 10 heteroatoms. The van der Waals surface area contributed by atoms with Crippen LogP contribution in [0.1, 0.15) is 49.5 Å². The number of carboxylic acid groups (broad SMARTS) is 1. The standard InChI is InChI=1S/C30H24N4O6/c1-17-25(16-40-34-17)30(39)32-22-4-2-3-19(13-22)28(37)20-8-11-23-24(29(38)33-26(23)14-20)15-31-21-9-5-18(6-10-21)7-12-27(35)36/h2-6,8-11,13-16,33,38H,7,12H2,1H3,(H,32,39)(H,35,36). The molecule has 2 aromatic heterocycles. The first-order chi connectivity index (χ1) is 19.3. The SMILES string of the molecule is Cc1nocc1C(=O)Nc1cccc(C(=O)c2ccc3c(C=Nc4ccc(CCC(=O)O)cc4)c(O)[nH]c3c2)c1. The third-order valence-corrected chi connectivity index (χ3v) is 6.36. The molecule has 1 amide bonds. The van der Waals surface area contributed by atoms with E-state index in [4.69, 9.17) is 9.63 Å². The Labute approximate surface area is 228 Å². The minimum absolute atomic E-state index is 0.0576. The predicted molar refractivity (Wildman–Crippen MR) is 149 cm³/mol. The summed E-state index contributed by atoms with van der Waals surface area (Å²) in [7, 11) is 0. The summed E-state index contributed by atoms with van der Waals surface area (Å²) in [6, 6.07) is 18.8. The van der Waals surface area contributed by atoms with Crippen LogP contribution in [0.15, 0.2) is 82.5 Å². The molecule has 2 heterocycles. The number of hydrogen-bond acceptors (Lipinski definition) is 7. The number of fused-ring (bicyclic) bond motifs is 1. The van der Waals surface area contributed by atoms with Crippen LogP contribution in [0, 0.1) is 6.92 Å². The zero-order chi connectivity index (χ0) is 28.2. The number of aliphatic carboxylic acids is 1. The van der Waals surface area contributed by atoms with E-state index in [1.165, 1.54) is 12.5 Å². The van der Waals surface area contributed by atoms with Gasteiger partial charge >= 0.3 is 5.97 Å². The van der Waals surface area contributed by atoms with Crippen molar-refractivity contribution < 1.29 is 29.1 Å². The fourth-order valence-corrected chi connectivity index (χ4v) is 4.23. The topological polar surface area (TPSA) is 158 Å². The van der Waals surface area contributed by atoms with Crippen LogP contribution in [0.3, 0.4) is 0 Å². The van der Waals surface area contributed by atoms with Crippen molar-refractivity contribution in [1.29, 1.82) is 0 Å². The van der Waals surface area contributed by atoms with Gasteiger partial charge in [-0.15, -0.1) is 0 Å². The summed E-state index contributed by atoms with van der Waals surface area (Å²) >= 11 is 0. The van der Waals surface area contributed by atoms with Crippen molar-refractivity contribution in [2.45, 2.75) is 19.8 Å². The van der Waals surface area contributed by atoms with Crippen molar-refractivity contribution in [2.24, 2.45) is 4.99 Å². The van der Waals surface area contributed by atoms with Crippen molar-refractivity contribution in [3.05, 3.63) is 107 Å². The Bertz CT molecular complexity index is 1760. The van der Waals surface area contributed by atoms with Gasteiger partial charge in [-0.05, 0) is 49.2 Å². The van der Waals surface area contributed by atoms with Crippen LogP contribution in [0.2, 0.25) is 0 Å². The highest BCUT2D eigenvalue weighted by molar-refractivity contribution is 6.13. The average molecular weight is 537 g/mol. The summed E-state index contributed by atoms with van der Waals surface area (Å²) in [5.74, 6) is -1.59. The molecule has 0 unspecified atom stereocenters. The monoisotopic (exact) mass is 536 g/mol. The summed E-state index contributed by atoms with van der Waals surface area (Å²) in [6.45, 7) is 1.66. The van der Waals surface area contributed by atoms with Gasteiger partial charge in [-0.25, -0.2) is 0 Å². The van der Waals surface area contributed by atoms with Crippen LogP contribution in [-0.2, 0) is 11.2 Å². The first-order valence-electron chi connectivity index (χ1n) is 12.3. The molecule has 0 bridgehead atoms. The second kappa shape index (κ2) is 11.1. The van der Waals surface area contributed by atoms with Crippen LogP contribution in [0.25, 0.3) is 10.9 Å². The molecule has 0 atom stereocenters.